The van der Waals surface area contributed by atoms with Crippen LogP contribution < -0.4 is 0 Å². The van der Waals surface area contributed by atoms with E-state index in [0.29, 0.717) is 5.76 Å². The van der Waals surface area contributed by atoms with Gasteiger partial charge in [-0.05, 0) is 38.0 Å². The van der Waals surface area contributed by atoms with E-state index in [1.165, 1.54) is 6.42 Å². The highest BCUT2D eigenvalue weighted by Crippen LogP contribution is 2.44. The third-order valence-electron chi connectivity index (χ3n) is 4.83. The van der Waals surface area contributed by atoms with Crippen molar-refractivity contribution in [3.05, 3.63) is 22.6 Å². The Morgan fingerprint density at radius 2 is 1.95 bits per heavy atom. The highest BCUT2D eigenvalue weighted by atomic mass is 16.4. The summed E-state index contributed by atoms with van der Waals surface area (Å²) in [7, 11) is 0. The Kier molecular flexibility index (Phi) is 3.60. The molecular formula is C17H25NO3. The smallest absolute Gasteiger partial charge is 0.289 e. The first-order chi connectivity index (χ1) is 9.89. The van der Waals surface area contributed by atoms with Crippen molar-refractivity contribution in [2.24, 2.45) is 5.41 Å². The number of nitrogens with zero attached hydrogens (tertiary/aromatic N) is 1. The number of fused-ring (bicyclic) bond motifs is 1. The largest absolute Gasteiger partial charge is 0.455 e. The third kappa shape index (κ3) is 2.61. The normalized spacial score (nSPS) is 24.8. The van der Waals surface area contributed by atoms with Crippen LogP contribution in [0.15, 0.2) is 4.42 Å². The first-order valence-corrected chi connectivity index (χ1v) is 7.98. The van der Waals surface area contributed by atoms with Crippen LogP contribution in [0, 0.1) is 12.3 Å². The summed E-state index contributed by atoms with van der Waals surface area (Å²) in [6.07, 6.45) is 4.33. The van der Waals surface area contributed by atoms with E-state index < -0.39 is 6.10 Å². The van der Waals surface area contributed by atoms with Crippen molar-refractivity contribution in [3.8, 4) is 0 Å². The zero-order chi connectivity index (χ0) is 15.2. The maximum Gasteiger partial charge on any atom is 0.289 e. The van der Waals surface area contributed by atoms with Crippen LogP contribution in [0.3, 0.4) is 0 Å². The summed E-state index contributed by atoms with van der Waals surface area (Å²) >= 11 is 0. The number of carbonyl (C=O) groups excluding carboxylic acids is 1. The SMILES string of the molecule is Cc1c(C(=O)N2CCCCC2)oc2c1[C@H](O)CC(C)(C)C2. The van der Waals surface area contributed by atoms with Crippen molar-refractivity contribution in [2.45, 2.75) is 59.0 Å². The Morgan fingerprint density at radius 3 is 2.62 bits per heavy atom. The van der Waals surface area contributed by atoms with Gasteiger partial charge < -0.3 is 14.4 Å². The fourth-order valence-corrected chi connectivity index (χ4v) is 3.73. The maximum atomic E-state index is 12.7. The van der Waals surface area contributed by atoms with Gasteiger partial charge in [0.1, 0.15) is 5.76 Å². The van der Waals surface area contributed by atoms with Gasteiger partial charge in [0, 0.05) is 30.6 Å². The van der Waals surface area contributed by atoms with E-state index in [0.717, 1.165) is 55.7 Å². The second kappa shape index (κ2) is 5.16. The molecule has 3 rings (SSSR count). The van der Waals surface area contributed by atoms with Crippen LogP contribution in [0.4, 0.5) is 0 Å². The number of carbonyl (C=O) groups is 1. The highest BCUT2D eigenvalue weighted by molar-refractivity contribution is 5.93. The summed E-state index contributed by atoms with van der Waals surface area (Å²) in [4.78, 5) is 14.5. The van der Waals surface area contributed by atoms with Gasteiger partial charge in [-0.3, -0.25) is 4.79 Å². The van der Waals surface area contributed by atoms with Crippen LogP contribution in [0.1, 0.15) is 73.1 Å². The quantitative estimate of drug-likeness (QED) is 0.864. The van der Waals surface area contributed by atoms with E-state index in [2.05, 4.69) is 13.8 Å². The Bertz CT molecular complexity index is 553. The van der Waals surface area contributed by atoms with Gasteiger partial charge in [-0.2, -0.15) is 0 Å². The predicted molar refractivity (Wildman–Crippen MR) is 80.3 cm³/mol. The van der Waals surface area contributed by atoms with Gasteiger partial charge >= 0.3 is 0 Å². The molecule has 0 spiro atoms. The topological polar surface area (TPSA) is 53.7 Å². The lowest BCUT2D eigenvalue weighted by molar-refractivity contribution is 0.0682. The summed E-state index contributed by atoms with van der Waals surface area (Å²) in [6, 6.07) is 0. The second-order valence-electron chi connectivity index (χ2n) is 7.31. The molecule has 1 atom stereocenters. The first-order valence-electron chi connectivity index (χ1n) is 7.98. The summed E-state index contributed by atoms with van der Waals surface area (Å²) in [5.74, 6) is 1.24. The van der Waals surface area contributed by atoms with Gasteiger partial charge in [0.2, 0.25) is 0 Å². The molecule has 2 heterocycles. The fraction of sp³-hybridized carbons (Fsp3) is 0.706. The Labute approximate surface area is 126 Å². The molecule has 116 valence electrons. The molecule has 0 saturated carbocycles. The Balaban J connectivity index is 1.93. The Hall–Kier alpha value is -1.29. The molecule has 1 fully saturated rings. The van der Waals surface area contributed by atoms with Gasteiger partial charge in [0.05, 0.1) is 6.10 Å². The van der Waals surface area contributed by atoms with Crippen molar-refractivity contribution in [2.75, 3.05) is 13.1 Å². The van der Waals surface area contributed by atoms with Gasteiger partial charge in [-0.1, -0.05) is 13.8 Å². The van der Waals surface area contributed by atoms with E-state index in [1.807, 2.05) is 11.8 Å². The van der Waals surface area contributed by atoms with Crippen molar-refractivity contribution in [1.82, 2.24) is 4.90 Å². The molecule has 1 aromatic heterocycles. The van der Waals surface area contributed by atoms with E-state index in [1.54, 1.807) is 0 Å². The van der Waals surface area contributed by atoms with Crippen LogP contribution in [-0.4, -0.2) is 29.0 Å². The molecule has 4 heteroatoms. The first kappa shape index (κ1) is 14.6. The molecule has 1 saturated heterocycles. The minimum absolute atomic E-state index is 0.00777. The number of rotatable bonds is 1. The number of aliphatic hydroxyl groups is 1. The second-order valence-corrected chi connectivity index (χ2v) is 7.31. The van der Waals surface area contributed by atoms with Gasteiger partial charge in [0.15, 0.2) is 5.76 Å². The molecular weight excluding hydrogens is 266 g/mol. The van der Waals surface area contributed by atoms with Crippen molar-refractivity contribution >= 4 is 5.91 Å². The molecule has 1 aromatic rings. The maximum absolute atomic E-state index is 12.7. The van der Waals surface area contributed by atoms with E-state index >= 15 is 0 Å². The number of piperidine rings is 1. The standard InChI is InChI=1S/C17H25NO3/c1-11-14-12(19)9-17(2,3)10-13(14)21-15(11)16(20)18-7-5-4-6-8-18/h12,19H,4-10H2,1-3H3/t12-/m1/s1. The molecule has 2 aliphatic rings. The van der Waals surface area contributed by atoms with Crippen molar-refractivity contribution in [3.63, 3.8) is 0 Å². The Morgan fingerprint density at radius 1 is 1.29 bits per heavy atom. The summed E-state index contributed by atoms with van der Waals surface area (Å²) < 4.78 is 5.91. The van der Waals surface area contributed by atoms with Gasteiger partial charge in [-0.15, -0.1) is 0 Å². The minimum atomic E-state index is -0.518. The molecule has 0 bridgehead atoms. The molecule has 0 aromatic carbocycles. The van der Waals surface area contributed by atoms with Crippen LogP contribution in [-0.2, 0) is 6.42 Å². The van der Waals surface area contributed by atoms with Crippen LogP contribution in [0.5, 0.6) is 0 Å². The number of furan rings is 1. The molecule has 21 heavy (non-hydrogen) atoms. The van der Waals surface area contributed by atoms with Crippen LogP contribution in [0.25, 0.3) is 0 Å². The third-order valence-corrected chi connectivity index (χ3v) is 4.83. The number of hydrogen-bond donors (Lipinski definition) is 1. The molecule has 0 unspecified atom stereocenters. The van der Waals surface area contributed by atoms with Crippen LogP contribution >= 0.6 is 0 Å². The average Bonchev–Trinajstić information content (AvgIpc) is 2.74. The zero-order valence-electron chi connectivity index (χ0n) is 13.2. The molecule has 1 aliphatic heterocycles. The van der Waals surface area contributed by atoms with Crippen molar-refractivity contribution in [1.29, 1.82) is 0 Å². The fourth-order valence-electron chi connectivity index (χ4n) is 3.73. The number of amides is 1. The lowest BCUT2D eigenvalue weighted by Gasteiger charge is -2.31. The van der Waals surface area contributed by atoms with Crippen LogP contribution in [0.2, 0.25) is 0 Å². The average molecular weight is 291 g/mol. The lowest BCUT2D eigenvalue weighted by atomic mass is 9.75. The summed E-state index contributed by atoms with van der Waals surface area (Å²) in [6.45, 7) is 7.79. The van der Waals surface area contributed by atoms with E-state index in [4.69, 9.17) is 4.42 Å². The number of likely N-dealkylation sites (tertiary alicyclic amines) is 1. The zero-order valence-corrected chi connectivity index (χ0v) is 13.2. The number of aliphatic hydroxyl groups excluding tert-OH is 1. The number of hydrogen-bond acceptors (Lipinski definition) is 3. The monoisotopic (exact) mass is 291 g/mol. The highest BCUT2D eigenvalue weighted by Gasteiger charge is 2.37. The summed E-state index contributed by atoms with van der Waals surface area (Å²) in [5.41, 5.74) is 1.71. The summed E-state index contributed by atoms with van der Waals surface area (Å²) in [5, 5.41) is 10.4. The molecule has 1 N–H and O–H groups in total. The molecule has 4 nitrogen and oxygen atoms in total. The van der Waals surface area contributed by atoms with Crippen molar-refractivity contribution < 1.29 is 14.3 Å². The minimum Gasteiger partial charge on any atom is -0.455 e. The molecule has 0 radical (unpaired) electrons. The van der Waals surface area contributed by atoms with Gasteiger partial charge in [0.25, 0.3) is 5.91 Å². The molecule has 1 amide bonds. The predicted octanol–water partition coefficient (Wildman–Crippen LogP) is 3.22. The molecule has 1 aliphatic carbocycles. The lowest BCUT2D eigenvalue weighted by Crippen LogP contribution is -2.35. The van der Waals surface area contributed by atoms with Gasteiger partial charge in [-0.25, -0.2) is 0 Å². The van der Waals surface area contributed by atoms with E-state index in [-0.39, 0.29) is 11.3 Å². The van der Waals surface area contributed by atoms with E-state index in [9.17, 15) is 9.90 Å².